The predicted octanol–water partition coefficient (Wildman–Crippen LogP) is 3.02. The molecule has 5 nitrogen and oxygen atoms in total. The van der Waals surface area contributed by atoms with Gasteiger partial charge >= 0.3 is 6.09 Å². The van der Waals surface area contributed by atoms with Crippen LogP contribution in [0.15, 0.2) is 48.5 Å². The van der Waals surface area contributed by atoms with Crippen LogP contribution in [0.2, 0.25) is 0 Å². The highest BCUT2D eigenvalue weighted by Gasteiger charge is 2.31. The number of morpholine rings is 1. The Hall–Kier alpha value is -2.37. The third-order valence-electron chi connectivity index (χ3n) is 5.23. The van der Waals surface area contributed by atoms with Gasteiger partial charge in [0.25, 0.3) is 0 Å². The zero-order valence-electron chi connectivity index (χ0n) is 14.8. The Kier molecular flexibility index (Phi) is 4.66. The molecule has 2 aromatic rings. The van der Waals surface area contributed by atoms with Gasteiger partial charge in [0.2, 0.25) is 0 Å². The lowest BCUT2D eigenvalue weighted by molar-refractivity contribution is -0.0785. The van der Waals surface area contributed by atoms with Crippen LogP contribution in [0.25, 0.3) is 11.1 Å². The van der Waals surface area contributed by atoms with E-state index in [1.54, 1.807) is 11.8 Å². The number of carbonyl (C=O) groups excluding carboxylic acids is 1. The van der Waals surface area contributed by atoms with E-state index < -0.39 is 6.10 Å². The number of rotatable bonds is 3. The Bertz CT molecular complexity index is 759. The van der Waals surface area contributed by atoms with Crippen LogP contribution >= 0.6 is 0 Å². The van der Waals surface area contributed by atoms with Crippen LogP contribution < -0.4 is 0 Å². The van der Waals surface area contributed by atoms with E-state index in [1.165, 1.54) is 22.3 Å². The first kappa shape index (κ1) is 17.1. The third-order valence-corrected chi connectivity index (χ3v) is 5.23. The van der Waals surface area contributed by atoms with Gasteiger partial charge in [0.1, 0.15) is 12.7 Å². The van der Waals surface area contributed by atoms with E-state index in [1.807, 2.05) is 24.3 Å². The molecule has 2 unspecified atom stereocenters. The molecule has 1 aliphatic carbocycles. The number of carbonyl (C=O) groups is 1. The molecule has 0 saturated carbocycles. The molecule has 0 radical (unpaired) electrons. The number of amides is 1. The second-order valence-electron chi connectivity index (χ2n) is 6.90. The molecule has 2 aliphatic rings. The summed E-state index contributed by atoms with van der Waals surface area (Å²) < 4.78 is 11.1. The molecule has 2 aromatic carbocycles. The Morgan fingerprint density at radius 1 is 1.19 bits per heavy atom. The van der Waals surface area contributed by atoms with Crippen molar-refractivity contribution in [1.29, 1.82) is 0 Å². The molecule has 1 aliphatic heterocycles. The lowest BCUT2D eigenvalue weighted by Crippen LogP contribution is -2.49. The maximum atomic E-state index is 12.5. The fourth-order valence-electron chi connectivity index (χ4n) is 3.82. The molecule has 4 rings (SSSR count). The molecule has 1 heterocycles. The summed E-state index contributed by atoms with van der Waals surface area (Å²) in [5.74, 6) is 0.0555. The molecule has 0 bridgehead atoms. The van der Waals surface area contributed by atoms with E-state index in [-0.39, 0.29) is 18.1 Å². The smallest absolute Gasteiger partial charge is 0.409 e. The SMILES string of the molecule is CC(O)C1CN(C(=O)OCC2c3ccccc3-c3ccccc32)CCO1. The maximum Gasteiger partial charge on any atom is 0.409 e. The summed E-state index contributed by atoms with van der Waals surface area (Å²) in [6.45, 7) is 3.24. The van der Waals surface area contributed by atoms with Gasteiger partial charge in [-0.05, 0) is 29.2 Å². The Morgan fingerprint density at radius 3 is 2.42 bits per heavy atom. The zero-order chi connectivity index (χ0) is 18.1. The second-order valence-corrected chi connectivity index (χ2v) is 6.90. The first-order chi connectivity index (χ1) is 12.6. The molecule has 1 N–H and O–H groups in total. The van der Waals surface area contributed by atoms with Crippen molar-refractivity contribution in [3.63, 3.8) is 0 Å². The number of hydrogen-bond donors (Lipinski definition) is 1. The van der Waals surface area contributed by atoms with Gasteiger partial charge in [0.05, 0.1) is 19.3 Å². The number of hydrogen-bond acceptors (Lipinski definition) is 4. The zero-order valence-corrected chi connectivity index (χ0v) is 14.8. The molecule has 0 aromatic heterocycles. The summed E-state index contributed by atoms with van der Waals surface area (Å²) >= 11 is 0. The molecule has 5 heteroatoms. The predicted molar refractivity (Wildman–Crippen MR) is 98.1 cm³/mol. The number of ether oxygens (including phenoxy) is 2. The summed E-state index contributed by atoms with van der Waals surface area (Å²) in [4.78, 5) is 14.1. The quantitative estimate of drug-likeness (QED) is 0.921. The normalized spacial score (nSPS) is 20.4. The Morgan fingerprint density at radius 2 is 1.81 bits per heavy atom. The van der Waals surface area contributed by atoms with Gasteiger partial charge in [0, 0.05) is 12.5 Å². The first-order valence-corrected chi connectivity index (χ1v) is 9.04. The van der Waals surface area contributed by atoms with Crippen LogP contribution in [-0.2, 0) is 9.47 Å². The van der Waals surface area contributed by atoms with Gasteiger partial charge in [-0.3, -0.25) is 0 Å². The van der Waals surface area contributed by atoms with Gasteiger partial charge in [-0.1, -0.05) is 48.5 Å². The minimum atomic E-state index is -0.612. The van der Waals surface area contributed by atoms with E-state index >= 15 is 0 Å². The van der Waals surface area contributed by atoms with Crippen molar-refractivity contribution in [2.24, 2.45) is 0 Å². The fraction of sp³-hybridized carbons (Fsp3) is 0.381. The van der Waals surface area contributed by atoms with Crippen molar-refractivity contribution in [3.8, 4) is 11.1 Å². The standard InChI is InChI=1S/C21H23NO4/c1-14(23)20-12-22(10-11-25-20)21(24)26-13-19-17-8-4-2-6-15(17)16-7-3-5-9-18(16)19/h2-9,14,19-20,23H,10-13H2,1H3. The van der Waals surface area contributed by atoms with Crippen molar-refractivity contribution in [2.45, 2.75) is 25.0 Å². The molecular weight excluding hydrogens is 330 g/mol. The number of fused-ring (bicyclic) bond motifs is 3. The topological polar surface area (TPSA) is 59.0 Å². The lowest BCUT2D eigenvalue weighted by Gasteiger charge is -2.33. The van der Waals surface area contributed by atoms with Crippen molar-refractivity contribution < 1.29 is 19.4 Å². The van der Waals surface area contributed by atoms with E-state index in [0.717, 1.165) is 0 Å². The van der Waals surface area contributed by atoms with E-state index in [9.17, 15) is 9.90 Å². The molecule has 26 heavy (non-hydrogen) atoms. The maximum absolute atomic E-state index is 12.5. The van der Waals surface area contributed by atoms with Crippen LogP contribution in [0.4, 0.5) is 4.79 Å². The number of benzene rings is 2. The average Bonchev–Trinajstić information content (AvgIpc) is 3.00. The van der Waals surface area contributed by atoms with E-state index in [2.05, 4.69) is 24.3 Å². The third kappa shape index (κ3) is 3.08. The molecular formula is C21H23NO4. The van der Waals surface area contributed by atoms with Crippen molar-refractivity contribution in [3.05, 3.63) is 59.7 Å². The lowest BCUT2D eigenvalue weighted by atomic mass is 9.98. The van der Waals surface area contributed by atoms with Crippen LogP contribution in [0.1, 0.15) is 24.0 Å². The summed E-state index contributed by atoms with van der Waals surface area (Å²) in [5, 5.41) is 9.69. The van der Waals surface area contributed by atoms with Gasteiger partial charge in [0.15, 0.2) is 0 Å². The largest absolute Gasteiger partial charge is 0.448 e. The highest BCUT2D eigenvalue weighted by Crippen LogP contribution is 2.44. The summed E-state index contributed by atoms with van der Waals surface area (Å²) in [7, 11) is 0. The molecule has 0 spiro atoms. The first-order valence-electron chi connectivity index (χ1n) is 9.04. The van der Waals surface area contributed by atoms with Crippen LogP contribution in [-0.4, -0.2) is 54.6 Å². The number of aliphatic hydroxyl groups is 1. The van der Waals surface area contributed by atoms with Crippen LogP contribution in [0.3, 0.4) is 0 Å². The minimum Gasteiger partial charge on any atom is -0.448 e. The van der Waals surface area contributed by atoms with Gasteiger partial charge in [-0.2, -0.15) is 0 Å². The van der Waals surface area contributed by atoms with Crippen LogP contribution in [0, 0.1) is 0 Å². The number of nitrogens with zero attached hydrogens (tertiary/aromatic N) is 1. The van der Waals surface area contributed by atoms with Crippen molar-refractivity contribution in [2.75, 3.05) is 26.3 Å². The molecule has 136 valence electrons. The molecule has 1 fully saturated rings. The van der Waals surface area contributed by atoms with Gasteiger partial charge in [-0.25, -0.2) is 4.79 Å². The van der Waals surface area contributed by atoms with Crippen molar-refractivity contribution >= 4 is 6.09 Å². The summed E-state index contributed by atoms with van der Waals surface area (Å²) in [6, 6.07) is 16.6. The molecule has 1 saturated heterocycles. The van der Waals surface area contributed by atoms with E-state index in [4.69, 9.17) is 9.47 Å². The highest BCUT2D eigenvalue weighted by atomic mass is 16.6. The van der Waals surface area contributed by atoms with Crippen molar-refractivity contribution in [1.82, 2.24) is 4.90 Å². The summed E-state index contributed by atoms with van der Waals surface area (Å²) in [6.07, 6.45) is -1.32. The Balaban J connectivity index is 1.47. The minimum absolute atomic E-state index is 0.0555. The van der Waals surface area contributed by atoms with Gasteiger partial charge in [-0.15, -0.1) is 0 Å². The molecule has 1 amide bonds. The average molecular weight is 353 g/mol. The highest BCUT2D eigenvalue weighted by molar-refractivity contribution is 5.79. The summed E-state index contributed by atoms with van der Waals surface area (Å²) in [5.41, 5.74) is 4.82. The Labute approximate surface area is 153 Å². The monoisotopic (exact) mass is 353 g/mol. The molecule has 2 atom stereocenters. The second kappa shape index (κ2) is 7.09. The number of aliphatic hydroxyl groups excluding tert-OH is 1. The van der Waals surface area contributed by atoms with Gasteiger partial charge < -0.3 is 19.5 Å². The fourth-order valence-corrected chi connectivity index (χ4v) is 3.82. The van der Waals surface area contributed by atoms with E-state index in [0.29, 0.717) is 26.3 Å². The van der Waals surface area contributed by atoms with Crippen LogP contribution in [0.5, 0.6) is 0 Å².